The smallest absolute Gasteiger partial charge is 0.240 e. The lowest BCUT2D eigenvalue weighted by Gasteiger charge is -2.31. The van der Waals surface area contributed by atoms with Crippen LogP contribution in [0.4, 0.5) is 0 Å². The lowest BCUT2D eigenvalue weighted by Crippen LogP contribution is -2.39. The molecule has 2 rings (SSSR count). The Morgan fingerprint density at radius 2 is 1.84 bits per heavy atom. The first-order valence-electron chi connectivity index (χ1n) is 8.99. The number of nitrogens with one attached hydrogen (secondary N) is 1. The van der Waals surface area contributed by atoms with Crippen LogP contribution in [0.2, 0.25) is 0 Å². The zero-order valence-corrected chi connectivity index (χ0v) is 16.1. The highest BCUT2D eigenvalue weighted by atomic mass is 32.2. The van der Waals surface area contributed by atoms with Gasteiger partial charge in [0, 0.05) is 20.2 Å². The van der Waals surface area contributed by atoms with E-state index in [4.69, 9.17) is 9.47 Å². The molecule has 1 aliphatic heterocycles. The van der Waals surface area contributed by atoms with Crippen LogP contribution in [0.1, 0.15) is 26.2 Å². The van der Waals surface area contributed by atoms with E-state index in [2.05, 4.69) is 9.62 Å². The molecule has 0 radical (unpaired) electrons. The lowest BCUT2D eigenvalue weighted by molar-refractivity contribution is 0.121. The van der Waals surface area contributed by atoms with Crippen molar-refractivity contribution in [3.8, 4) is 5.75 Å². The predicted molar refractivity (Wildman–Crippen MR) is 98.5 cm³/mol. The first kappa shape index (κ1) is 20.2. The van der Waals surface area contributed by atoms with Crippen molar-refractivity contribution in [2.24, 2.45) is 5.92 Å². The van der Waals surface area contributed by atoms with Crippen molar-refractivity contribution in [2.75, 3.05) is 46.5 Å². The van der Waals surface area contributed by atoms with Gasteiger partial charge in [0.05, 0.1) is 18.1 Å². The summed E-state index contributed by atoms with van der Waals surface area (Å²) >= 11 is 0. The third-order valence-corrected chi connectivity index (χ3v) is 5.93. The van der Waals surface area contributed by atoms with Crippen LogP contribution in [0.25, 0.3) is 0 Å². The average molecular weight is 371 g/mol. The Morgan fingerprint density at radius 3 is 2.44 bits per heavy atom. The molecule has 1 saturated heterocycles. The number of likely N-dealkylation sites (tertiary alicyclic amines) is 1. The zero-order chi connectivity index (χ0) is 18.1. The van der Waals surface area contributed by atoms with E-state index in [1.807, 2.05) is 6.92 Å². The minimum atomic E-state index is -3.46. The number of nitrogens with zero attached hydrogens (tertiary/aromatic N) is 1. The van der Waals surface area contributed by atoms with Crippen LogP contribution >= 0.6 is 0 Å². The SMILES string of the molecule is CCCOc1ccc(S(=O)(=O)NCC2CCN(CCOC)CC2)cc1. The van der Waals surface area contributed by atoms with Crippen LogP contribution < -0.4 is 9.46 Å². The molecule has 0 unspecified atom stereocenters. The number of benzene rings is 1. The number of rotatable bonds is 10. The van der Waals surface area contributed by atoms with Gasteiger partial charge in [0.2, 0.25) is 10.0 Å². The molecule has 6 nitrogen and oxygen atoms in total. The molecule has 0 aromatic heterocycles. The number of piperidine rings is 1. The largest absolute Gasteiger partial charge is 0.494 e. The van der Waals surface area contributed by atoms with Crippen LogP contribution in [0.5, 0.6) is 5.75 Å². The highest BCUT2D eigenvalue weighted by Gasteiger charge is 2.21. The Kier molecular flexibility index (Phi) is 8.15. The fourth-order valence-electron chi connectivity index (χ4n) is 2.88. The molecule has 0 atom stereocenters. The van der Waals surface area contributed by atoms with Gasteiger partial charge in [-0.1, -0.05) is 6.92 Å². The zero-order valence-electron chi connectivity index (χ0n) is 15.2. The fourth-order valence-corrected chi connectivity index (χ4v) is 4.00. The van der Waals surface area contributed by atoms with Gasteiger partial charge in [-0.05, 0) is 62.5 Å². The van der Waals surface area contributed by atoms with E-state index in [1.165, 1.54) is 0 Å². The fraction of sp³-hybridized carbons (Fsp3) is 0.667. The molecule has 25 heavy (non-hydrogen) atoms. The van der Waals surface area contributed by atoms with E-state index in [0.717, 1.165) is 45.5 Å². The van der Waals surface area contributed by atoms with E-state index in [1.54, 1.807) is 31.4 Å². The molecule has 1 fully saturated rings. The highest BCUT2D eigenvalue weighted by Crippen LogP contribution is 2.19. The number of hydrogen-bond donors (Lipinski definition) is 1. The van der Waals surface area contributed by atoms with Gasteiger partial charge in [-0.25, -0.2) is 13.1 Å². The summed E-state index contributed by atoms with van der Waals surface area (Å²) in [4.78, 5) is 2.65. The second-order valence-corrected chi connectivity index (χ2v) is 8.22. The van der Waals surface area contributed by atoms with Crippen LogP contribution in [0.15, 0.2) is 29.2 Å². The molecule has 0 aliphatic carbocycles. The van der Waals surface area contributed by atoms with Gasteiger partial charge in [-0.2, -0.15) is 0 Å². The normalized spacial score (nSPS) is 16.9. The van der Waals surface area contributed by atoms with E-state index >= 15 is 0 Å². The Bertz CT molecular complexity index is 596. The van der Waals surface area contributed by atoms with Crippen molar-refractivity contribution in [1.29, 1.82) is 0 Å². The maximum atomic E-state index is 12.4. The maximum Gasteiger partial charge on any atom is 0.240 e. The number of hydrogen-bond acceptors (Lipinski definition) is 5. The Morgan fingerprint density at radius 1 is 1.16 bits per heavy atom. The molecule has 0 spiro atoms. The van der Waals surface area contributed by atoms with Gasteiger partial charge in [-0.3, -0.25) is 0 Å². The summed E-state index contributed by atoms with van der Waals surface area (Å²) in [5, 5.41) is 0. The minimum absolute atomic E-state index is 0.286. The van der Waals surface area contributed by atoms with Crippen LogP contribution in [0.3, 0.4) is 0 Å². The van der Waals surface area contributed by atoms with Gasteiger partial charge in [0.15, 0.2) is 0 Å². The van der Waals surface area contributed by atoms with Crippen LogP contribution in [-0.2, 0) is 14.8 Å². The molecule has 142 valence electrons. The third kappa shape index (κ3) is 6.58. The Hall–Kier alpha value is -1.15. The first-order valence-corrected chi connectivity index (χ1v) is 10.5. The Balaban J connectivity index is 1.79. The number of methoxy groups -OCH3 is 1. The van der Waals surface area contributed by atoms with Gasteiger partial charge >= 0.3 is 0 Å². The summed E-state index contributed by atoms with van der Waals surface area (Å²) in [6.45, 7) is 6.85. The summed E-state index contributed by atoms with van der Waals surface area (Å²) in [5.41, 5.74) is 0. The molecule has 1 aromatic carbocycles. The van der Waals surface area contributed by atoms with Gasteiger partial charge < -0.3 is 14.4 Å². The third-order valence-electron chi connectivity index (χ3n) is 4.49. The van der Waals surface area contributed by atoms with Gasteiger partial charge in [-0.15, -0.1) is 0 Å². The molecule has 0 saturated carbocycles. The predicted octanol–water partition coefficient (Wildman–Crippen LogP) is 2.11. The average Bonchev–Trinajstić information content (AvgIpc) is 2.64. The van der Waals surface area contributed by atoms with E-state index < -0.39 is 10.0 Å². The molecule has 0 bridgehead atoms. The quantitative estimate of drug-likeness (QED) is 0.683. The molecule has 7 heteroatoms. The van der Waals surface area contributed by atoms with Crippen molar-refractivity contribution in [1.82, 2.24) is 9.62 Å². The molecule has 1 N–H and O–H groups in total. The monoisotopic (exact) mass is 370 g/mol. The van der Waals surface area contributed by atoms with Crippen LogP contribution in [-0.4, -0.2) is 59.8 Å². The minimum Gasteiger partial charge on any atom is -0.494 e. The lowest BCUT2D eigenvalue weighted by atomic mass is 9.97. The van der Waals surface area contributed by atoms with E-state index in [0.29, 0.717) is 24.8 Å². The molecule has 1 aromatic rings. The van der Waals surface area contributed by atoms with E-state index in [9.17, 15) is 8.42 Å². The Labute approximate surface area is 151 Å². The van der Waals surface area contributed by atoms with Crippen molar-refractivity contribution in [3.05, 3.63) is 24.3 Å². The summed E-state index contributed by atoms with van der Waals surface area (Å²) in [7, 11) is -1.75. The standard InChI is InChI=1S/C18H30N2O4S/c1-3-13-24-17-4-6-18(7-5-17)25(21,22)19-15-16-8-10-20(11-9-16)12-14-23-2/h4-7,16,19H,3,8-15H2,1-2H3. The number of ether oxygens (including phenoxy) is 2. The summed E-state index contributed by atoms with van der Waals surface area (Å²) < 4.78 is 38.2. The second-order valence-electron chi connectivity index (χ2n) is 6.45. The molecule has 1 aliphatic rings. The highest BCUT2D eigenvalue weighted by molar-refractivity contribution is 7.89. The molecular formula is C18H30N2O4S. The summed E-state index contributed by atoms with van der Waals surface area (Å²) in [6, 6.07) is 6.61. The van der Waals surface area contributed by atoms with Crippen molar-refractivity contribution in [3.63, 3.8) is 0 Å². The van der Waals surface area contributed by atoms with Crippen molar-refractivity contribution < 1.29 is 17.9 Å². The first-order chi connectivity index (χ1) is 12.0. The molecule has 0 amide bonds. The van der Waals surface area contributed by atoms with Gasteiger partial charge in [0.1, 0.15) is 5.75 Å². The van der Waals surface area contributed by atoms with Crippen LogP contribution in [0, 0.1) is 5.92 Å². The summed E-state index contributed by atoms with van der Waals surface area (Å²) in [6.07, 6.45) is 2.94. The molecule has 1 heterocycles. The van der Waals surface area contributed by atoms with Crippen molar-refractivity contribution >= 4 is 10.0 Å². The topological polar surface area (TPSA) is 67.9 Å². The summed E-state index contributed by atoms with van der Waals surface area (Å²) in [5.74, 6) is 1.09. The number of sulfonamides is 1. The van der Waals surface area contributed by atoms with Crippen molar-refractivity contribution in [2.45, 2.75) is 31.1 Å². The van der Waals surface area contributed by atoms with E-state index in [-0.39, 0.29) is 4.90 Å². The second kappa shape index (κ2) is 10.1. The maximum absolute atomic E-state index is 12.4. The van der Waals surface area contributed by atoms with Gasteiger partial charge in [0.25, 0.3) is 0 Å². The molecular weight excluding hydrogens is 340 g/mol.